The number of carbonyl (C=O) groups is 1. The summed E-state index contributed by atoms with van der Waals surface area (Å²) in [6, 6.07) is 6.31. The molecule has 0 aliphatic carbocycles. The van der Waals surface area contributed by atoms with Crippen LogP contribution in [0.1, 0.15) is 21.7 Å². The molecule has 1 aromatic heterocycles. The molecule has 1 N–H and O–H groups in total. The minimum absolute atomic E-state index is 0.242. The van der Waals surface area contributed by atoms with E-state index in [1.807, 2.05) is 13.8 Å². The average molecular weight is 305 g/mol. The summed E-state index contributed by atoms with van der Waals surface area (Å²) in [5.41, 5.74) is 1.94. The lowest BCUT2D eigenvalue weighted by Crippen LogP contribution is -2.03. The van der Waals surface area contributed by atoms with Gasteiger partial charge in [-0.3, -0.25) is 0 Å². The first kappa shape index (κ1) is 15.2. The lowest BCUT2D eigenvalue weighted by molar-refractivity contribution is 0.0697. The molecular formula is C14H15N3O3S. The quantitative estimate of drug-likeness (QED) is 0.647. The van der Waals surface area contributed by atoms with Crippen molar-refractivity contribution >= 4 is 17.7 Å². The summed E-state index contributed by atoms with van der Waals surface area (Å²) in [6.07, 6.45) is 0. The first-order chi connectivity index (χ1) is 10.1. The van der Waals surface area contributed by atoms with E-state index in [0.29, 0.717) is 23.3 Å². The molecule has 0 aliphatic heterocycles. The number of aromatic carboxylic acids is 1. The van der Waals surface area contributed by atoms with Crippen molar-refractivity contribution in [2.24, 2.45) is 0 Å². The Labute approximate surface area is 126 Å². The van der Waals surface area contributed by atoms with Gasteiger partial charge in [0.25, 0.3) is 0 Å². The van der Waals surface area contributed by atoms with Gasteiger partial charge >= 0.3 is 5.97 Å². The Kier molecular flexibility index (Phi) is 5.10. The molecule has 2 rings (SSSR count). The number of carboxylic acids is 1. The van der Waals surface area contributed by atoms with Crippen molar-refractivity contribution in [1.29, 1.82) is 0 Å². The molecule has 110 valence electrons. The van der Waals surface area contributed by atoms with E-state index in [-0.39, 0.29) is 5.56 Å². The third-order valence-corrected chi connectivity index (χ3v) is 3.56. The predicted molar refractivity (Wildman–Crippen MR) is 78.9 cm³/mol. The van der Waals surface area contributed by atoms with Crippen molar-refractivity contribution in [3.63, 3.8) is 0 Å². The number of benzene rings is 1. The van der Waals surface area contributed by atoms with Gasteiger partial charge in [0, 0.05) is 5.75 Å². The van der Waals surface area contributed by atoms with Gasteiger partial charge in [-0.2, -0.15) is 5.10 Å². The maximum Gasteiger partial charge on any atom is 0.335 e. The van der Waals surface area contributed by atoms with Crippen molar-refractivity contribution in [1.82, 2.24) is 15.2 Å². The normalized spacial score (nSPS) is 10.4. The van der Waals surface area contributed by atoms with Crippen LogP contribution in [0.4, 0.5) is 0 Å². The van der Waals surface area contributed by atoms with E-state index < -0.39 is 5.97 Å². The van der Waals surface area contributed by atoms with Crippen LogP contribution in [0.2, 0.25) is 0 Å². The Bertz CT molecular complexity index is 632. The highest BCUT2D eigenvalue weighted by atomic mass is 32.2. The van der Waals surface area contributed by atoms with Gasteiger partial charge in [0.2, 0.25) is 5.16 Å². The van der Waals surface area contributed by atoms with Gasteiger partial charge in [0.15, 0.2) is 0 Å². The van der Waals surface area contributed by atoms with Gasteiger partial charge in [-0.15, -0.1) is 5.10 Å². The number of hydrogen-bond acceptors (Lipinski definition) is 6. The van der Waals surface area contributed by atoms with Gasteiger partial charge < -0.3 is 9.84 Å². The molecule has 2 aromatic rings. The van der Waals surface area contributed by atoms with Crippen molar-refractivity contribution < 1.29 is 14.6 Å². The summed E-state index contributed by atoms with van der Waals surface area (Å²) in [6.45, 7) is 4.25. The van der Waals surface area contributed by atoms with E-state index in [2.05, 4.69) is 15.2 Å². The number of nitrogens with zero attached hydrogens (tertiary/aromatic N) is 3. The molecule has 1 heterocycles. The molecule has 0 fully saturated rings. The summed E-state index contributed by atoms with van der Waals surface area (Å²) in [7, 11) is 0. The van der Waals surface area contributed by atoms with E-state index >= 15 is 0 Å². The second kappa shape index (κ2) is 7.03. The minimum Gasteiger partial charge on any atom is -0.493 e. The minimum atomic E-state index is -0.948. The molecule has 0 spiro atoms. The Morgan fingerprint density at radius 3 is 2.52 bits per heavy atom. The zero-order valence-corrected chi connectivity index (χ0v) is 12.6. The maximum absolute atomic E-state index is 10.7. The van der Waals surface area contributed by atoms with Gasteiger partial charge in [0.1, 0.15) is 5.75 Å². The predicted octanol–water partition coefficient (Wildman–Crippen LogP) is 2.36. The molecule has 0 amide bonds. The Balaban J connectivity index is 1.79. The van der Waals surface area contributed by atoms with E-state index in [1.165, 1.54) is 23.9 Å². The third kappa shape index (κ3) is 4.42. The Morgan fingerprint density at radius 2 is 1.90 bits per heavy atom. The van der Waals surface area contributed by atoms with Gasteiger partial charge in [-0.25, -0.2) is 9.78 Å². The fourth-order valence-electron chi connectivity index (χ4n) is 1.48. The zero-order chi connectivity index (χ0) is 15.2. The standard InChI is InChI=1S/C14H15N3O3S/c1-9-10(2)16-17-14(15-9)21-8-7-20-12-5-3-11(4-6-12)13(18)19/h3-6H,7-8H2,1-2H3,(H,18,19). The average Bonchev–Trinajstić information content (AvgIpc) is 2.47. The lowest BCUT2D eigenvalue weighted by atomic mass is 10.2. The number of aryl methyl sites for hydroxylation is 2. The number of thioether (sulfide) groups is 1. The van der Waals surface area contributed by atoms with E-state index in [1.54, 1.807) is 12.1 Å². The van der Waals surface area contributed by atoms with E-state index in [0.717, 1.165) is 11.4 Å². The van der Waals surface area contributed by atoms with Crippen LogP contribution in [0.15, 0.2) is 29.4 Å². The molecule has 6 nitrogen and oxygen atoms in total. The third-order valence-electron chi connectivity index (χ3n) is 2.76. The fraction of sp³-hybridized carbons (Fsp3) is 0.286. The first-order valence-corrected chi connectivity index (χ1v) is 7.31. The second-order valence-corrected chi connectivity index (χ2v) is 5.35. The second-order valence-electron chi connectivity index (χ2n) is 4.29. The fourth-order valence-corrected chi connectivity index (χ4v) is 2.13. The number of aromatic nitrogens is 3. The van der Waals surface area contributed by atoms with Crippen molar-refractivity contribution in [2.45, 2.75) is 19.0 Å². The van der Waals surface area contributed by atoms with Crippen LogP contribution in [0, 0.1) is 13.8 Å². The van der Waals surface area contributed by atoms with Crippen molar-refractivity contribution in [2.75, 3.05) is 12.4 Å². The number of rotatable bonds is 6. The summed E-state index contributed by atoms with van der Waals surface area (Å²) in [5.74, 6) is 0.376. The SMILES string of the molecule is Cc1nnc(SCCOc2ccc(C(=O)O)cc2)nc1C. The number of carboxylic acid groups (broad SMARTS) is 1. The van der Waals surface area contributed by atoms with Crippen molar-refractivity contribution in [3.8, 4) is 5.75 Å². The van der Waals surface area contributed by atoms with Gasteiger partial charge in [-0.1, -0.05) is 11.8 Å². The van der Waals surface area contributed by atoms with Gasteiger partial charge in [-0.05, 0) is 38.1 Å². The zero-order valence-electron chi connectivity index (χ0n) is 11.7. The highest BCUT2D eigenvalue weighted by Gasteiger charge is 2.04. The topological polar surface area (TPSA) is 85.2 Å². The molecule has 0 unspecified atom stereocenters. The molecule has 0 saturated carbocycles. The van der Waals surface area contributed by atoms with Crippen LogP contribution in [0.5, 0.6) is 5.75 Å². The Morgan fingerprint density at radius 1 is 1.19 bits per heavy atom. The molecule has 7 heteroatoms. The monoisotopic (exact) mass is 305 g/mol. The van der Waals surface area contributed by atoms with Crippen LogP contribution in [0.3, 0.4) is 0 Å². The summed E-state index contributed by atoms with van der Waals surface area (Å²) in [5, 5.41) is 17.4. The van der Waals surface area contributed by atoms with Crippen LogP contribution in [-0.2, 0) is 0 Å². The largest absolute Gasteiger partial charge is 0.493 e. The molecule has 0 aliphatic rings. The lowest BCUT2D eigenvalue weighted by Gasteiger charge is -2.06. The highest BCUT2D eigenvalue weighted by Crippen LogP contribution is 2.15. The van der Waals surface area contributed by atoms with Gasteiger partial charge in [0.05, 0.1) is 23.6 Å². The number of ether oxygens (including phenoxy) is 1. The number of hydrogen-bond donors (Lipinski definition) is 1. The smallest absolute Gasteiger partial charge is 0.335 e. The first-order valence-electron chi connectivity index (χ1n) is 6.33. The van der Waals surface area contributed by atoms with Crippen LogP contribution in [0.25, 0.3) is 0 Å². The summed E-state index contributed by atoms with van der Waals surface area (Å²) in [4.78, 5) is 15.0. The molecular weight excluding hydrogens is 290 g/mol. The van der Waals surface area contributed by atoms with Crippen LogP contribution < -0.4 is 4.74 Å². The molecule has 0 bridgehead atoms. The van der Waals surface area contributed by atoms with Crippen LogP contribution in [-0.4, -0.2) is 38.6 Å². The van der Waals surface area contributed by atoms with E-state index in [9.17, 15) is 4.79 Å². The molecule has 0 atom stereocenters. The molecule has 0 radical (unpaired) electrons. The molecule has 1 aromatic carbocycles. The van der Waals surface area contributed by atoms with Crippen LogP contribution >= 0.6 is 11.8 Å². The highest BCUT2D eigenvalue weighted by molar-refractivity contribution is 7.99. The summed E-state index contributed by atoms with van der Waals surface area (Å²) >= 11 is 1.47. The molecule has 0 saturated heterocycles. The Hall–Kier alpha value is -2.15. The van der Waals surface area contributed by atoms with Crippen molar-refractivity contribution in [3.05, 3.63) is 41.2 Å². The summed E-state index contributed by atoms with van der Waals surface area (Å²) < 4.78 is 5.53. The maximum atomic E-state index is 10.7. The molecule has 21 heavy (non-hydrogen) atoms. The van der Waals surface area contributed by atoms with E-state index in [4.69, 9.17) is 9.84 Å².